The number of nitrogens with zero attached hydrogens (tertiary/aromatic N) is 1. The Morgan fingerprint density at radius 3 is 2.42 bits per heavy atom. The maximum Gasteiger partial charge on any atom is 0.267 e. The Balaban J connectivity index is 1.65. The van der Waals surface area contributed by atoms with Gasteiger partial charge in [0, 0.05) is 10.4 Å². The van der Waals surface area contributed by atoms with E-state index >= 15 is 0 Å². The molecule has 0 radical (unpaired) electrons. The van der Waals surface area contributed by atoms with Crippen LogP contribution >= 0.6 is 22.7 Å². The first kappa shape index (κ1) is 18.6. The minimum Gasteiger partial charge on any atom is -0.488 e. The maximum atomic E-state index is 12.4. The van der Waals surface area contributed by atoms with E-state index in [1.807, 2.05) is 25.3 Å². The Hall–Kier alpha value is -2.18. The molecule has 0 unspecified atom stereocenters. The highest BCUT2D eigenvalue weighted by molar-refractivity contribution is 7.16. The molecule has 3 rings (SSSR count). The van der Waals surface area contributed by atoms with E-state index in [2.05, 4.69) is 43.2 Å². The van der Waals surface area contributed by atoms with E-state index in [1.54, 1.807) is 0 Å². The van der Waals surface area contributed by atoms with Crippen molar-refractivity contribution in [2.24, 2.45) is 0 Å². The highest BCUT2D eigenvalue weighted by atomic mass is 32.1. The van der Waals surface area contributed by atoms with Gasteiger partial charge < -0.3 is 4.74 Å². The van der Waals surface area contributed by atoms with Gasteiger partial charge in [0.1, 0.15) is 12.4 Å². The Labute approximate surface area is 161 Å². The summed E-state index contributed by atoms with van der Waals surface area (Å²) < 4.78 is 6.00. The molecule has 0 atom stereocenters. The number of anilines is 1. The first-order valence-corrected chi connectivity index (χ1v) is 10.1. The molecule has 1 N–H and O–H groups in total. The number of nitrogens with one attached hydrogen (secondary N) is 1. The van der Waals surface area contributed by atoms with Crippen molar-refractivity contribution >= 4 is 33.7 Å². The van der Waals surface area contributed by atoms with E-state index in [1.165, 1.54) is 28.2 Å². The highest BCUT2D eigenvalue weighted by Crippen LogP contribution is 2.27. The zero-order chi connectivity index (χ0) is 18.8. The molecular formula is C20H22N2O2S2. The van der Waals surface area contributed by atoms with Crippen LogP contribution in [-0.4, -0.2) is 10.9 Å². The Kier molecular flexibility index (Phi) is 5.44. The monoisotopic (exact) mass is 386 g/mol. The summed E-state index contributed by atoms with van der Waals surface area (Å²) in [6.45, 7) is 10.6. The summed E-state index contributed by atoms with van der Waals surface area (Å²) >= 11 is 2.91. The van der Waals surface area contributed by atoms with E-state index in [4.69, 9.17) is 4.74 Å². The van der Waals surface area contributed by atoms with Gasteiger partial charge in [0.15, 0.2) is 5.13 Å². The molecule has 2 heterocycles. The Morgan fingerprint density at radius 2 is 1.81 bits per heavy atom. The molecule has 0 saturated carbocycles. The van der Waals surface area contributed by atoms with Crippen molar-refractivity contribution in [1.29, 1.82) is 0 Å². The summed E-state index contributed by atoms with van der Waals surface area (Å²) in [5, 5.41) is 5.47. The lowest BCUT2D eigenvalue weighted by molar-refractivity contribution is 0.103. The third-order valence-electron chi connectivity index (χ3n) is 4.11. The largest absolute Gasteiger partial charge is 0.488 e. The standard InChI is InChI=1S/C20H22N2O2S2/c1-11-6-12(2)18(13(3)7-11)24-9-16-8-17(25-10-16)19(23)22-20-21-14(4)15(5)26-20/h6-8,10H,9H2,1-5H3,(H,21,22,23). The van der Waals surface area contributed by atoms with Gasteiger partial charge in [0.2, 0.25) is 0 Å². The lowest BCUT2D eigenvalue weighted by Crippen LogP contribution is -2.09. The van der Waals surface area contributed by atoms with Crippen molar-refractivity contribution in [3.8, 4) is 5.75 Å². The van der Waals surface area contributed by atoms with Crippen LogP contribution in [0.1, 0.15) is 42.5 Å². The first-order valence-electron chi connectivity index (χ1n) is 8.37. The first-order chi connectivity index (χ1) is 12.3. The van der Waals surface area contributed by atoms with Crippen molar-refractivity contribution in [2.75, 3.05) is 5.32 Å². The van der Waals surface area contributed by atoms with E-state index in [0.717, 1.165) is 33.0 Å². The van der Waals surface area contributed by atoms with Crippen LogP contribution < -0.4 is 10.1 Å². The van der Waals surface area contributed by atoms with Crippen LogP contribution in [0.4, 0.5) is 5.13 Å². The number of carbonyl (C=O) groups is 1. The van der Waals surface area contributed by atoms with Crippen LogP contribution in [0.5, 0.6) is 5.75 Å². The minimum atomic E-state index is -0.127. The van der Waals surface area contributed by atoms with Gasteiger partial charge in [-0.05, 0) is 57.2 Å². The van der Waals surface area contributed by atoms with Gasteiger partial charge in [0.05, 0.1) is 10.6 Å². The van der Waals surface area contributed by atoms with Gasteiger partial charge in [-0.15, -0.1) is 22.7 Å². The summed E-state index contributed by atoms with van der Waals surface area (Å²) in [5.41, 5.74) is 5.44. The fraction of sp³-hybridized carbons (Fsp3) is 0.300. The molecular weight excluding hydrogens is 364 g/mol. The van der Waals surface area contributed by atoms with Gasteiger partial charge in [-0.1, -0.05) is 17.7 Å². The molecule has 1 amide bonds. The summed E-state index contributed by atoms with van der Waals surface area (Å²) in [4.78, 5) is 18.5. The quantitative estimate of drug-likeness (QED) is 0.623. The SMILES string of the molecule is Cc1cc(C)c(OCc2csc(C(=O)Nc3nc(C)c(C)s3)c2)c(C)c1. The lowest BCUT2D eigenvalue weighted by Gasteiger charge is -2.12. The molecule has 26 heavy (non-hydrogen) atoms. The zero-order valence-electron chi connectivity index (χ0n) is 15.6. The molecule has 0 saturated heterocycles. The normalized spacial score (nSPS) is 10.8. The van der Waals surface area contributed by atoms with Gasteiger partial charge in [-0.3, -0.25) is 10.1 Å². The number of aromatic nitrogens is 1. The second kappa shape index (κ2) is 7.60. The molecule has 3 aromatic rings. The summed E-state index contributed by atoms with van der Waals surface area (Å²) in [5.74, 6) is 0.791. The number of rotatable bonds is 5. The highest BCUT2D eigenvalue weighted by Gasteiger charge is 2.13. The summed E-state index contributed by atoms with van der Waals surface area (Å²) in [6.07, 6.45) is 0. The number of benzene rings is 1. The summed E-state index contributed by atoms with van der Waals surface area (Å²) in [6, 6.07) is 6.12. The predicted octanol–water partition coefficient (Wildman–Crippen LogP) is 5.58. The second-order valence-corrected chi connectivity index (χ2v) is 8.56. The van der Waals surface area contributed by atoms with E-state index in [0.29, 0.717) is 16.6 Å². The maximum absolute atomic E-state index is 12.4. The van der Waals surface area contributed by atoms with Crippen LogP contribution in [0.25, 0.3) is 0 Å². The zero-order valence-corrected chi connectivity index (χ0v) is 17.2. The van der Waals surface area contributed by atoms with Crippen molar-refractivity contribution < 1.29 is 9.53 Å². The molecule has 0 aliphatic carbocycles. The van der Waals surface area contributed by atoms with Crippen molar-refractivity contribution in [2.45, 2.75) is 41.2 Å². The molecule has 0 fully saturated rings. The fourth-order valence-electron chi connectivity index (χ4n) is 2.81. The van der Waals surface area contributed by atoms with Crippen molar-refractivity contribution in [3.63, 3.8) is 0 Å². The number of thiazole rings is 1. The smallest absolute Gasteiger partial charge is 0.267 e. The number of carbonyl (C=O) groups excluding carboxylic acids is 1. The fourth-order valence-corrected chi connectivity index (χ4v) is 4.41. The van der Waals surface area contributed by atoms with Crippen LogP contribution in [0.3, 0.4) is 0 Å². The minimum absolute atomic E-state index is 0.127. The van der Waals surface area contributed by atoms with E-state index < -0.39 is 0 Å². The molecule has 0 bridgehead atoms. The van der Waals surface area contributed by atoms with Crippen molar-refractivity contribution in [3.05, 3.63) is 61.3 Å². The average Bonchev–Trinajstić information content (AvgIpc) is 3.13. The van der Waals surface area contributed by atoms with Crippen LogP contribution in [0, 0.1) is 34.6 Å². The molecule has 4 nitrogen and oxygen atoms in total. The number of hydrogen-bond donors (Lipinski definition) is 1. The van der Waals surface area contributed by atoms with Gasteiger partial charge in [-0.25, -0.2) is 4.98 Å². The van der Waals surface area contributed by atoms with E-state index in [9.17, 15) is 4.79 Å². The van der Waals surface area contributed by atoms with E-state index in [-0.39, 0.29) is 5.91 Å². The topological polar surface area (TPSA) is 51.2 Å². The van der Waals surface area contributed by atoms with Gasteiger partial charge >= 0.3 is 0 Å². The third kappa shape index (κ3) is 4.14. The molecule has 1 aromatic carbocycles. The van der Waals surface area contributed by atoms with Crippen LogP contribution in [0.2, 0.25) is 0 Å². The molecule has 0 aliphatic heterocycles. The van der Waals surface area contributed by atoms with Gasteiger partial charge in [-0.2, -0.15) is 0 Å². The number of hydrogen-bond acceptors (Lipinski definition) is 5. The van der Waals surface area contributed by atoms with Crippen LogP contribution in [0.15, 0.2) is 23.6 Å². The molecule has 0 aliphatic rings. The molecule has 6 heteroatoms. The summed E-state index contributed by atoms with van der Waals surface area (Å²) in [7, 11) is 0. The Morgan fingerprint density at radius 1 is 1.12 bits per heavy atom. The number of amides is 1. The molecule has 136 valence electrons. The molecule has 2 aromatic heterocycles. The molecule has 0 spiro atoms. The second-order valence-electron chi connectivity index (χ2n) is 6.45. The van der Waals surface area contributed by atoms with Crippen LogP contribution in [-0.2, 0) is 6.61 Å². The number of thiophene rings is 1. The van der Waals surface area contributed by atoms with Gasteiger partial charge in [0.25, 0.3) is 5.91 Å². The Bertz CT molecular complexity index is 914. The predicted molar refractivity (Wildman–Crippen MR) is 109 cm³/mol. The lowest BCUT2D eigenvalue weighted by atomic mass is 10.1. The number of aryl methyl sites for hydroxylation is 5. The van der Waals surface area contributed by atoms with Crippen molar-refractivity contribution in [1.82, 2.24) is 4.98 Å². The average molecular weight is 387 g/mol. The third-order valence-corrected chi connectivity index (χ3v) is 6.08. The number of ether oxygens (including phenoxy) is 1.